The molecule has 0 saturated carbocycles. The molecule has 2 heterocycles. The lowest BCUT2D eigenvalue weighted by molar-refractivity contribution is -0.129. The van der Waals surface area contributed by atoms with Crippen molar-refractivity contribution < 1.29 is 14.3 Å². The molecule has 3 rings (SSSR count). The minimum Gasteiger partial charge on any atom is -0.493 e. The molecule has 26 heavy (non-hydrogen) atoms. The lowest BCUT2D eigenvalue weighted by Gasteiger charge is -2.19. The molecule has 2 aromatic heterocycles. The van der Waals surface area contributed by atoms with Gasteiger partial charge in [-0.25, -0.2) is 4.98 Å². The summed E-state index contributed by atoms with van der Waals surface area (Å²) in [7, 11) is 4.99. The zero-order valence-electron chi connectivity index (χ0n) is 14.9. The van der Waals surface area contributed by atoms with Crippen LogP contribution in [0.3, 0.4) is 0 Å². The summed E-state index contributed by atoms with van der Waals surface area (Å²) in [5.74, 6) is 1.32. The molecule has 0 aliphatic rings. The third kappa shape index (κ3) is 4.05. The number of hydrogen-bond donors (Lipinski definition) is 0. The highest BCUT2D eigenvalue weighted by molar-refractivity contribution is 7.14. The van der Waals surface area contributed by atoms with Gasteiger partial charge < -0.3 is 14.4 Å². The molecular formula is C19H20N2O3S2. The van der Waals surface area contributed by atoms with Crippen molar-refractivity contribution in [1.82, 2.24) is 9.88 Å². The quantitative estimate of drug-likeness (QED) is 0.612. The number of likely N-dealkylation sites (N-methyl/N-ethyl adjacent to an activating group) is 1. The molecule has 7 heteroatoms. The lowest BCUT2D eigenvalue weighted by atomic mass is 10.1. The first kappa shape index (κ1) is 18.4. The van der Waals surface area contributed by atoms with E-state index in [0.717, 1.165) is 21.8 Å². The second-order valence-electron chi connectivity index (χ2n) is 5.74. The number of aromatic nitrogens is 1. The van der Waals surface area contributed by atoms with E-state index in [4.69, 9.17) is 9.47 Å². The molecule has 0 N–H and O–H groups in total. The molecule has 1 aromatic carbocycles. The van der Waals surface area contributed by atoms with Crippen LogP contribution in [0.25, 0.3) is 10.6 Å². The van der Waals surface area contributed by atoms with Crippen molar-refractivity contribution in [3.63, 3.8) is 0 Å². The van der Waals surface area contributed by atoms with Crippen LogP contribution in [0, 0.1) is 0 Å². The van der Waals surface area contributed by atoms with Crippen molar-refractivity contribution in [3.05, 3.63) is 51.7 Å². The number of amides is 1. The number of nitrogens with zero attached hydrogens (tertiary/aromatic N) is 2. The molecule has 3 aromatic rings. The Bertz CT molecular complexity index is 875. The zero-order chi connectivity index (χ0) is 18.5. The van der Waals surface area contributed by atoms with Crippen molar-refractivity contribution >= 4 is 28.6 Å². The molecule has 136 valence electrons. The van der Waals surface area contributed by atoms with Gasteiger partial charge in [0.05, 0.1) is 26.3 Å². The van der Waals surface area contributed by atoms with Gasteiger partial charge in [0.1, 0.15) is 5.01 Å². The van der Waals surface area contributed by atoms with Gasteiger partial charge in [-0.3, -0.25) is 4.79 Å². The lowest BCUT2D eigenvalue weighted by Crippen LogP contribution is -2.28. The number of para-hydroxylation sites is 1. The summed E-state index contributed by atoms with van der Waals surface area (Å²) in [6.45, 7) is 0.445. The minimum atomic E-state index is 0.0111. The first-order chi connectivity index (χ1) is 12.6. The first-order valence-electron chi connectivity index (χ1n) is 8.03. The van der Waals surface area contributed by atoms with E-state index < -0.39 is 0 Å². The SMILES string of the molecule is COc1cccc(CN(C)C(=O)Cc2csc(-c3ccsc3)n2)c1OC. The highest BCUT2D eigenvalue weighted by Crippen LogP contribution is 2.31. The number of rotatable bonds is 7. The van der Waals surface area contributed by atoms with E-state index in [1.807, 2.05) is 35.0 Å². The Labute approximate surface area is 160 Å². The number of carbonyl (C=O) groups is 1. The molecule has 5 nitrogen and oxygen atoms in total. The number of ether oxygens (including phenoxy) is 2. The fraction of sp³-hybridized carbons (Fsp3) is 0.263. The highest BCUT2D eigenvalue weighted by atomic mass is 32.1. The maximum Gasteiger partial charge on any atom is 0.228 e. The van der Waals surface area contributed by atoms with Crippen LogP contribution in [0.1, 0.15) is 11.3 Å². The minimum absolute atomic E-state index is 0.0111. The van der Waals surface area contributed by atoms with E-state index in [2.05, 4.69) is 10.4 Å². The van der Waals surface area contributed by atoms with Crippen LogP contribution in [0.4, 0.5) is 0 Å². The van der Waals surface area contributed by atoms with Gasteiger partial charge in [-0.2, -0.15) is 11.3 Å². The number of benzene rings is 1. The third-order valence-electron chi connectivity index (χ3n) is 3.97. The van der Waals surface area contributed by atoms with Gasteiger partial charge in [-0.15, -0.1) is 11.3 Å². The fourth-order valence-corrected chi connectivity index (χ4v) is 4.15. The van der Waals surface area contributed by atoms with E-state index >= 15 is 0 Å². The molecule has 0 radical (unpaired) electrons. The highest BCUT2D eigenvalue weighted by Gasteiger charge is 2.16. The van der Waals surface area contributed by atoms with Crippen molar-refractivity contribution in [2.24, 2.45) is 0 Å². The van der Waals surface area contributed by atoms with E-state index in [0.29, 0.717) is 18.0 Å². The molecule has 0 bridgehead atoms. The molecule has 0 fully saturated rings. The third-order valence-corrected chi connectivity index (χ3v) is 5.59. The smallest absolute Gasteiger partial charge is 0.228 e. The monoisotopic (exact) mass is 388 g/mol. The average Bonchev–Trinajstić information content (AvgIpc) is 3.32. The van der Waals surface area contributed by atoms with Gasteiger partial charge in [0.25, 0.3) is 0 Å². The van der Waals surface area contributed by atoms with Crippen LogP contribution in [0.2, 0.25) is 0 Å². The molecular weight excluding hydrogens is 368 g/mol. The van der Waals surface area contributed by atoms with Gasteiger partial charge in [0.2, 0.25) is 5.91 Å². The summed E-state index contributed by atoms with van der Waals surface area (Å²) >= 11 is 3.20. The fourth-order valence-electron chi connectivity index (χ4n) is 2.62. The predicted molar refractivity (Wildman–Crippen MR) is 105 cm³/mol. The molecule has 0 unspecified atom stereocenters. The number of carbonyl (C=O) groups excluding carboxylic acids is 1. The Balaban J connectivity index is 1.67. The van der Waals surface area contributed by atoms with Crippen LogP contribution in [-0.4, -0.2) is 37.1 Å². The first-order valence-corrected chi connectivity index (χ1v) is 9.85. The molecule has 0 spiro atoms. The maximum atomic E-state index is 12.6. The van der Waals surface area contributed by atoms with Crippen LogP contribution in [-0.2, 0) is 17.8 Å². The number of methoxy groups -OCH3 is 2. The van der Waals surface area contributed by atoms with E-state index in [9.17, 15) is 4.79 Å². The largest absolute Gasteiger partial charge is 0.493 e. The van der Waals surface area contributed by atoms with Crippen molar-refractivity contribution in [2.75, 3.05) is 21.3 Å². The number of thiophene rings is 1. The Kier molecular flexibility index (Phi) is 5.90. The summed E-state index contributed by atoms with van der Waals surface area (Å²) in [6, 6.07) is 7.70. The average molecular weight is 389 g/mol. The van der Waals surface area contributed by atoms with Crippen LogP contribution in [0.15, 0.2) is 40.4 Å². The number of thiazole rings is 1. The number of hydrogen-bond acceptors (Lipinski definition) is 6. The maximum absolute atomic E-state index is 12.6. The Morgan fingerprint density at radius 3 is 2.73 bits per heavy atom. The van der Waals surface area contributed by atoms with Crippen LogP contribution in [0.5, 0.6) is 11.5 Å². The van der Waals surface area contributed by atoms with E-state index in [1.165, 1.54) is 0 Å². The molecule has 0 atom stereocenters. The van der Waals surface area contributed by atoms with Gasteiger partial charge in [0.15, 0.2) is 11.5 Å². The van der Waals surface area contributed by atoms with Crippen molar-refractivity contribution in [1.29, 1.82) is 0 Å². The van der Waals surface area contributed by atoms with Crippen LogP contribution >= 0.6 is 22.7 Å². The van der Waals surface area contributed by atoms with Crippen LogP contribution < -0.4 is 9.47 Å². The molecule has 1 amide bonds. The van der Waals surface area contributed by atoms with Gasteiger partial charge >= 0.3 is 0 Å². The molecule has 0 aliphatic carbocycles. The summed E-state index contributed by atoms with van der Waals surface area (Å²) in [5, 5.41) is 6.99. The standard InChI is InChI=1S/C19H20N2O3S2/c1-21(10-13-5-4-6-16(23-2)18(13)24-3)17(22)9-15-12-26-19(20-15)14-7-8-25-11-14/h4-8,11-12H,9-10H2,1-3H3. The van der Waals surface area contributed by atoms with Crippen molar-refractivity contribution in [2.45, 2.75) is 13.0 Å². The van der Waals surface area contributed by atoms with Crippen molar-refractivity contribution in [3.8, 4) is 22.1 Å². The second kappa shape index (κ2) is 8.33. The Hall–Kier alpha value is -2.38. The Morgan fingerprint density at radius 1 is 1.19 bits per heavy atom. The topological polar surface area (TPSA) is 51.7 Å². The van der Waals surface area contributed by atoms with Gasteiger partial charge in [0, 0.05) is 35.5 Å². The van der Waals surface area contributed by atoms with E-state index in [1.54, 1.807) is 48.8 Å². The van der Waals surface area contributed by atoms with Gasteiger partial charge in [-0.05, 0) is 17.5 Å². The Morgan fingerprint density at radius 2 is 2.04 bits per heavy atom. The van der Waals surface area contributed by atoms with E-state index in [-0.39, 0.29) is 12.3 Å². The summed E-state index contributed by atoms with van der Waals surface area (Å²) in [6.07, 6.45) is 0.281. The summed E-state index contributed by atoms with van der Waals surface area (Å²) in [4.78, 5) is 18.8. The second-order valence-corrected chi connectivity index (χ2v) is 7.37. The predicted octanol–water partition coefficient (Wildman–Crippen LogP) is 4.09. The summed E-state index contributed by atoms with van der Waals surface area (Å²) in [5.41, 5.74) is 2.80. The molecule has 0 saturated heterocycles. The zero-order valence-corrected chi connectivity index (χ0v) is 16.5. The summed E-state index contributed by atoms with van der Waals surface area (Å²) < 4.78 is 10.8. The molecule has 0 aliphatic heterocycles. The normalized spacial score (nSPS) is 10.6. The van der Waals surface area contributed by atoms with Gasteiger partial charge in [-0.1, -0.05) is 12.1 Å².